The largest absolute Gasteiger partial charge is 0.239 e. The van der Waals surface area contributed by atoms with Crippen LogP contribution >= 0.6 is 10.7 Å². The lowest BCUT2D eigenvalue weighted by atomic mass is 10.1. The van der Waals surface area contributed by atoms with Crippen molar-refractivity contribution >= 4 is 19.7 Å². The monoisotopic (exact) mass is 182 g/mol. The maximum atomic E-state index is 10.7. The molecule has 0 N–H and O–H groups in total. The minimum Gasteiger partial charge on any atom is -0.212 e. The van der Waals surface area contributed by atoms with E-state index in [1.807, 2.05) is 0 Å². The van der Waals surface area contributed by atoms with E-state index in [9.17, 15) is 8.42 Å². The minimum absolute atomic E-state index is 0.0139. The molecule has 1 unspecified atom stereocenters. The highest BCUT2D eigenvalue weighted by atomic mass is 35.7. The number of halogens is 1. The van der Waals surface area contributed by atoms with Crippen LogP contribution in [0.2, 0.25) is 0 Å². The molecule has 0 aliphatic rings. The zero-order valence-electron chi connectivity index (χ0n) is 6.04. The predicted octanol–water partition coefficient (Wildman–Crippen LogP) is 1.77. The van der Waals surface area contributed by atoms with Gasteiger partial charge in [-0.3, -0.25) is 0 Å². The molecule has 0 radical (unpaired) electrons. The zero-order valence-corrected chi connectivity index (χ0v) is 7.61. The Morgan fingerprint density at radius 1 is 1.50 bits per heavy atom. The van der Waals surface area contributed by atoms with Gasteiger partial charge in [-0.2, -0.15) is 0 Å². The van der Waals surface area contributed by atoms with Crippen molar-refractivity contribution < 1.29 is 8.42 Å². The molecule has 0 spiro atoms. The fourth-order valence-corrected chi connectivity index (χ4v) is 2.43. The van der Waals surface area contributed by atoms with Crippen molar-refractivity contribution in [2.75, 3.05) is 0 Å². The molecule has 10 heavy (non-hydrogen) atoms. The average molecular weight is 183 g/mol. The lowest BCUT2D eigenvalue weighted by Gasteiger charge is -2.11. The lowest BCUT2D eigenvalue weighted by molar-refractivity contribution is 0.574. The Morgan fingerprint density at radius 2 is 1.90 bits per heavy atom. The Hall–Kier alpha value is -0.0200. The Labute approximate surface area is 66.3 Å². The molecule has 0 amide bonds. The van der Waals surface area contributed by atoms with E-state index >= 15 is 0 Å². The molecular weight excluding hydrogens is 172 g/mol. The normalized spacial score (nSPS) is 15.2. The number of rotatable bonds is 3. The lowest BCUT2D eigenvalue weighted by Crippen LogP contribution is -2.19. The second-order valence-corrected chi connectivity index (χ2v) is 5.21. The summed E-state index contributed by atoms with van der Waals surface area (Å²) in [5, 5.41) is -0.630. The summed E-state index contributed by atoms with van der Waals surface area (Å²) in [6.07, 6.45) is 1.35. The zero-order chi connectivity index (χ0) is 8.36. The van der Waals surface area contributed by atoms with Crippen LogP contribution in [0.5, 0.6) is 0 Å². The highest BCUT2D eigenvalue weighted by Crippen LogP contribution is 2.16. The Morgan fingerprint density at radius 3 is 1.90 bits per heavy atom. The summed E-state index contributed by atoms with van der Waals surface area (Å²) in [5.41, 5.74) is 0. The number of hydrogen-bond acceptors (Lipinski definition) is 2. The first-order valence-corrected chi connectivity index (χ1v) is 5.33. The Bertz CT molecular complexity index is 206. The van der Waals surface area contributed by atoms with E-state index in [0.717, 1.165) is 0 Å². The van der Waals surface area contributed by atoms with E-state index in [4.69, 9.17) is 10.7 Å². The molecule has 0 heterocycles. The molecule has 0 rings (SSSR count). The van der Waals surface area contributed by atoms with E-state index in [-0.39, 0.29) is 5.92 Å². The van der Waals surface area contributed by atoms with Gasteiger partial charge in [-0.05, 0) is 5.92 Å². The topological polar surface area (TPSA) is 34.1 Å². The van der Waals surface area contributed by atoms with Crippen molar-refractivity contribution in [3.63, 3.8) is 0 Å². The van der Waals surface area contributed by atoms with Crippen LogP contribution in [0.25, 0.3) is 0 Å². The van der Waals surface area contributed by atoms with E-state index in [1.165, 1.54) is 6.08 Å². The molecule has 60 valence electrons. The van der Waals surface area contributed by atoms with Gasteiger partial charge in [0.1, 0.15) is 0 Å². The quantitative estimate of drug-likeness (QED) is 0.493. The molecule has 0 aromatic carbocycles. The van der Waals surface area contributed by atoms with Gasteiger partial charge in [0.15, 0.2) is 0 Å². The molecule has 0 aromatic rings. The molecule has 1 atom stereocenters. The fourth-order valence-electron chi connectivity index (χ4n) is 0.712. The van der Waals surface area contributed by atoms with Crippen LogP contribution < -0.4 is 0 Å². The summed E-state index contributed by atoms with van der Waals surface area (Å²) < 4.78 is 21.4. The van der Waals surface area contributed by atoms with E-state index in [2.05, 4.69) is 6.58 Å². The van der Waals surface area contributed by atoms with Crippen LogP contribution in [0.1, 0.15) is 13.8 Å². The van der Waals surface area contributed by atoms with Gasteiger partial charge < -0.3 is 0 Å². The summed E-state index contributed by atoms with van der Waals surface area (Å²) in [6.45, 7) is 6.95. The number of hydrogen-bond donors (Lipinski definition) is 0. The summed E-state index contributed by atoms with van der Waals surface area (Å²) in [7, 11) is 1.64. The van der Waals surface area contributed by atoms with Crippen molar-refractivity contribution in [2.45, 2.75) is 19.1 Å². The second kappa shape index (κ2) is 3.39. The molecular formula is C6H11ClO2S. The van der Waals surface area contributed by atoms with Crippen molar-refractivity contribution in [1.29, 1.82) is 0 Å². The third-order valence-electron chi connectivity index (χ3n) is 1.21. The maximum Gasteiger partial charge on any atom is 0.239 e. The maximum absolute atomic E-state index is 10.7. The van der Waals surface area contributed by atoms with Gasteiger partial charge in [-0.15, -0.1) is 6.58 Å². The average Bonchev–Trinajstić information content (AvgIpc) is 1.60. The highest BCUT2D eigenvalue weighted by Gasteiger charge is 2.22. The minimum atomic E-state index is -3.46. The van der Waals surface area contributed by atoms with Gasteiger partial charge in [-0.25, -0.2) is 8.42 Å². The van der Waals surface area contributed by atoms with Crippen LogP contribution in [0, 0.1) is 5.92 Å². The summed E-state index contributed by atoms with van der Waals surface area (Å²) in [5.74, 6) is -0.0139. The molecule has 0 aliphatic carbocycles. The molecule has 2 nitrogen and oxygen atoms in total. The molecule has 0 fully saturated rings. The fraction of sp³-hybridized carbons (Fsp3) is 0.667. The Kier molecular flexibility index (Phi) is 3.39. The molecule has 0 bridgehead atoms. The van der Waals surface area contributed by atoms with Gasteiger partial charge in [0.05, 0.1) is 5.25 Å². The van der Waals surface area contributed by atoms with Gasteiger partial charge >= 0.3 is 0 Å². The van der Waals surface area contributed by atoms with Crippen molar-refractivity contribution in [1.82, 2.24) is 0 Å². The SMILES string of the molecule is C=CC(C(C)C)S(=O)(=O)Cl. The van der Waals surface area contributed by atoms with Crippen LogP contribution in [0.4, 0.5) is 0 Å². The molecule has 0 aromatic heterocycles. The van der Waals surface area contributed by atoms with Gasteiger partial charge in [0.2, 0.25) is 9.05 Å². The van der Waals surface area contributed by atoms with Crippen LogP contribution in [-0.4, -0.2) is 13.7 Å². The van der Waals surface area contributed by atoms with Gasteiger partial charge in [0.25, 0.3) is 0 Å². The first-order valence-electron chi connectivity index (χ1n) is 2.95. The molecule has 4 heteroatoms. The second-order valence-electron chi connectivity index (χ2n) is 2.42. The van der Waals surface area contributed by atoms with Gasteiger partial charge in [0, 0.05) is 10.7 Å². The summed E-state index contributed by atoms with van der Waals surface area (Å²) in [6, 6.07) is 0. The molecule has 0 aliphatic heterocycles. The molecule has 0 saturated carbocycles. The smallest absolute Gasteiger partial charge is 0.212 e. The van der Waals surface area contributed by atoms with Crippen LogP contribution in [0.15, 0.2) is 12.7 Å². The van der Waals surface area contributed by atoms with Gasteiger partial charge in [-0.1, -0.05) is 19.9 Å². The predicted molar refractivity (Wildman–Crippen MR) is 43.6 cm³/mol. The standard InChI is InChI=1S/C6H11ClO2S/c1-4-6(5(2)3)10(7,8)9/h4-6H,1H2,2-3H3. The van der Waals surface area contributed by atoms with Crippen LogP contribution in [0.3, 0.4) is 0 Å². The first-order chi connectivity index (χ1) is 4.39. The van der Waals surface area contributed by atoms with Crippen LogP contribution in [-0.2, 0) is 9.05 Å². The van der Waals surface area contributed by atoms with E-state index in [0.29, 0.717) is 0 Å². The van der Waals surface area contributed by atoms with Crippen molar-refractivity contribution in [3.05, 3.63) is 12.7 Å². The van der Waals surface area contributed by atoms with Crippen molar-refractivity contribution in [3.8, 4) is 0 Å². The summed E-state index contributed by atoms with van der Waals surface area (Å²) >= 11 is 0. The van der Waals surface area contributed by atoms with E-state index < -0.39 is 14.3 Å². The van der Waals surface area contributed by atoms with Crippen molar-refractivity contribution in [2.24, 2.45) is 5.92 Å². The third-order valence-corrected chi connectivity index (χ3v) is 3.22. The third kappa shape index (κ3) is 2.71. The molecule has 0 saturated heterocycles. The highest BCUT2D eigenvalue weighted by molar-refractivity contribution is 8.14. The first kappa shape index (κ1) is 9.98. The Balaban J connectivity index is 4.54. The van der Waals surface area contributed by atoms with E-state index in [1.54, 1.807) is 13.8 Å². The summed E-state index contributed by atoms with van der Waals surface area (Å²) in [4.78, 5) is 0.